The molecule has 0 rings (SSSR count). The van der Waals surface area contributed by atoms with Crippen LogP contribution in [0.5, 0.6) is 0 Å². The molecule has 134 valence electrons. The molecule has 0 bridgehead atoms. The second-order valence-corrected chi connectivity index (χ2v) is 4.84. The monoisotopic (exact) mass is 330 g/mol. The number of carboxylic acids is 2. The summed E-state index contributed by atoms with van der Waals surface area (Å²) in [7, 11) is 0. The van der Waals surface area contributed by atoms with Crippen molar-refractivity contribution in [3.8, 4) is 0 Å². The summed E-state index contributed by atoms with van der Waals surface area (Å²) >= 11 is 0. The summed E-state index contributed by atoms with van der Waals surface area (Å²) in [6.45, 7) is 11.2. The van der Waals surface area contributed by atoms with Crippen molar-refractivity contribution in [3.05, 3.63) is 23.8 Å². The lowest BCUT2D eigenvalue weighted by Crippen LogP contribution is -2.08. The summed E-state index contributed by atoms with van der Waals surface area (Å²) in [5.41, 5.74) is 0.606. The molecule has 0 aliphatic carbocycles. The van der Waals surface area contributed by atoms with Crippen LogP contribution in [0.25, 0.3) is 0 Å². The van der Waals surface area contributed by atoms with E-state index in [2.05, 4.69) is 13.5 Å². The van der Waals surface area contributed by atoms with Gasteiger partial charge < -0.3 is 19.7 Å². The maximum Gasteiger partial charge on any atom is 0.331 e. The molecule has 0 saturated heterocycles. The summed E-state index contributed by atoms with van der Waals surface area (Å²) in [6.07, 6.45) is 5.03. The van der Waals surface area contributed by atoms with Gasteiger partial charge in [-0.15, -0.1) is 0 Å². The van der Waals surface area contributed by atoms with Gasteiger partial charge in [0.05, 0.1) is 19.8 Å². The number of rotatable bonds is 12. The van der Waals surface area contributed by atoms with Gasteiger partial charge in [-0.2, -0.15) is 0 Å². The normalized spacial score (nSPS) is 10.7. The van der Waals surface area contributed by atoms with Gasteiger partial charge >= 0.3 is 11.9 Å². The van der Waals surface area contributed by atoms with Crippen LogP contribution in [0, 0.1) is 0 Å². The van der Waals surface area contributed by atoms with Gasteiger partial charge in [0.1, 0.15) is 0 Å². The Morgan fingerprint density at radius 2 is 1.57 bits per heavy atom. The molecular weight excluding hydrogens is 300 g/mol. The lowest BCUT2D eigenvalue weighted by molar-refractivity contribution is -0.133. The molecule has 6 nitrogen and oxygen atoms in total. The first kappa shape index (κ1) is 23.6. The van der Waals surface area contributed by atoms with E-state index in [4.69, 9.17) is 19.7 Å². The highest BCUT2D eigenvalue weighted by Crippen LogP contribution is 1.97. The van der Waals surface area contributed by atoms with Crippen LogP contribution in [-0.4, -0.2) is 48.6 Å². The third-order valence-corrected chi connectivity index (χ3v) is 2.71. The van der Waals surface area contributed by atoms with Crippen LogP contribution in [0.3, 0.4) is 0 Å². The molecule has 0 spiro atoms. The Morgan fingerprint density at radius 1 is 1.00 bits per heavy atom. The minimum Gasteiger partial charge on any atom is -0.478 e. The topological polar surface area (TPSA) is 93.1 Å². The molecule has 2 N–H and O–H groups in total. The molecule has 23 heavy (non-hydrogen) atoms. The van der Waals surface area contributed by atoms with E-state index in [0.717, 1.165) is 25.9 Å². The quantitative estimate of drug-likeness (QED) is 0.421. The molecule has 0 aliphatic heterocycles. The molecule has 0 heterocycles. The molecule has 0 saturated carbocycles. The molecular formula is C17H30O6. The zero-order chi connectivity index (χ0) is 18.1. The molecule has 0 aromatic heterocycles. The van der Waals surface area contributed by atoms with E-state index in [1.807, 2.05) is 6.92 Å². The van der Waals surface area contributed by atoms with Crippen LogP contribution in [0.15, 0.2) is 23.8 Å². The third kappa shape index (κ3) is 18.3. The number of ether oxygens (including phenoxy) is 2. The van der Waals surface area contributed by atoms with Gasteiger partial charge in [-0.3, -0.25) is 0 Å². The molecule has 0 fully saturated rings. The Bertz CT molecular complexity index is 373. The third-order valence-electron chi connectivity index (χ3n) is 2.71. The van der Waals surface area contributed by atoms with E-state index in [0.29, 0.717) is 31.8 Å². The zero-order valence-electron chi connectivity index (χ0n) is 14.5. The molecule has 0 atom stereocenters. The first-order chi connectivity index (χ1) is 10.9. The SMILES string of the molecule is C=C(CCOCCOCCCC)C(=O)O.CCC=C(C)C(=O)O. The number of hydrogen-bond acceptors (Lipinski definition) is 4. The lowest BCUT2D eigenvalue weighted by atomic mass is 10.2. The van der Waals surface area contributed by atoms with Gasteiger partial charge in [0.15, 0.2) is 0 Å². The Morgan fingerprint density at radius 3 is 1.96 bits per heavy atom. The predicted molar refractivity (Wildman–Crippen MR) is 89.6 cm³/mol. The lowest BCUT2D eigenvalue weighted by Gasteiger charge is -2.05. The van der Waals surface area contributed by atoms with Crippen molar-refractivity contribution in [1.82, 2.24) is 0 Å². The molecule has 0 unspecified atom stereocenters. The second kappa shape index (κ2) is 16.7. The van der Waals surface area contributed by atoms with Crippen molar-refractivity contribution < 1.29 is 29.3 Å². The first-order valence-corrected chi connectivity index (χ1v) is 7.83. The smallest absolute Gasteiger partial charge is 0.331 e. The van der Waals surface area contributed by atoms with E-state index in [1.165, 1.54) is 0 Å². The number of unbranched alkanes of at least 4 members (excludes halogenated alkanes) is 1. The summed E-state index contributed by atoms with van der Waals surface area (Å²) < 4.78 is 10.5. The average molecular weight is 330 g/mol. The van der Waals surface area contributed by atoms with Crippen molar-refractivity contribution in [2.45, 2.75) is 46.5 Å². The molecule has 0 aliphatic rings. The Labute approximate surface area is 138 Å². The number of allylic oxidation sites excluding steroid dienone is 1. The molecule has 0 aromatic rings. The van der Waals surface area contributed by atoms with Crippen molar-refractivity contribution in [1.29, 1.82) is 0 Å². The van der Waals surface area contributed by atoms with Gasteiger partial charge in [0, 0.05) is 24.2 Å². The van der Waals surface area contributed by atoms with E-state index < -0.39 is 11.9 Å². The van der Waals surface area contributed by atoms with Crippen molar-refractivity contribution in [3.63, 3.8) is 0 Å². The zero-order valence-corrected chi connectivity index (χ0v) is 14.5. The Hall–Kier alpha value is -1.66. The highest BCUT2D eigenvalue weighted by Gasteiger charge is 2.02. The molecule has 0 amide bonds. The van der Waals surface area contributed by atoms with E-state index in [1.54, 1.807) is 13.0 Å². The fraction of sp³-hybridized carbons (Fsp3) is 0.647. The van der Waals surface area contributed by atoms with Crippen LogP contribution >= 0.6 is 0 Å². The largest absolute Gasteiger partial charge is 0.478 e. The van der Waals surface area contributed by atoms with Gasteiger partial charge in [-0.25, -0.2) is 9.59 Å². The van der Waals surface area contributed by atoms with Gasteiger partial charge in [0.25, 0.3) is 0 Å². The number of aliphatic carboxylic acids is 2. The van der Waals surface area contributed by atoms with Crippen LogP contribution in [-0.2, 0) is 19.1 Å². The summed E-state index contributed by atoms with van der Waals surface area (Å²) in [4.78, 5) is 20.4. The minimum absolute atomic E-state index is 0.182. The average Bonchev–Trinajstić information content (AvgIpc) is 2.50. The number of carboxylic acid groups (broad SMARTS) is 2. The van der Waals surface area contributed by atoms with E-state index in [9.17, 15) is 9.59 Å². The minimum atomic E-state index is -0.960. The fourth-order valence-corrected chi connectivity index (χ4v) is 1.26. The van der Waals surface area contributed by atoms with Gasteiger partial charge in [0.2, 0.25) is 0 Å². The first-order valence-electron chi connectivity index (χ1n) is 7.83. The summed E-state index contributed by atoms with van der Waals surface area (Å²) in [6, 6.07) is 0. The maximum atomic E-state index is 10.4. The Balaban J connectivity index is 0. The van der Waals surface area contributed by atoms with Gasteiger partial charge in [-0.1, -0.05) is 32.9 Å². The van der Waals surface area contributed by atoms with Crippen molar-refractivity contribution in [2.75, 3.05) is 26.4 Å². The maximum absolute atomic E-state index is 10.4. The van der Waals surface area contributed by atoms with E-state index >= 15 is 0 Å². The van der Waals surface area contributed by atoms with Crippen LogP contribution in [0.1, 0.15) is 46.5 Å². The highest BCUT2D eigenvalue weighted by molar-refractivity contribution is 5.86. The number of carbonyl (C=O) groups is 2. The number of hydrogen-bond donors (Lipinski definition) is 2. The summed E-state index contributed by atoms with van der Waals surface area (Å²) in [5, 5.41) is 16.7. The van der Waals surface area contributed by atoms with E-state index in [-0.39, 0.29) is 5.57 Å². The summed E-state index contributed by atoms with van der Waals surface area (Å²) in [5.74, 6) is -1.79. The predicted octanol–water partition coefficient (Wildman–Crippen LogP) is 3.28. The van der Waals surface area contributed by atoms with Crippen LogP contribution < -0.4 is 0 Å². The molecule has 0 aromatic carbocycles. The fourth-order valence-electron chi connectivity index (χ4n) is 1.26. The molecule has 6 heteroatoms. The van der Waals surface area contributed by atoms with Crippen LogP contribution in [0.2, 0.25) is 0 Å². The molecule has 0 radical (unpaired) electrons. The second-order valence-electron chi connectivity index (χ2n) is 4.84. The van der Waals surface area contributed by atoms with Crippen molar-refractivity contribution >= 4 is 11.9 Å². The van der Waals surface area contributed by atoms with Gasteiger partial charge in [-0.05, 0) is 19.8 Å². The van der Waals surface area contributed by atoms with Crippen molar-refractivity contribution in [2.24, 2.45) is 0 Å². The van der Waals surface area contributed by atoms with Crippen LogP contribution in [0.4, 0.5) is 0 Å². The highest BCUT2D eigenvalue weighted by atomic mass is 16.5. The standard InChI is InChI=1S/C11H20O4.C6H10O2/c1-3-4-6-14-8-9-15-7-5-10(2)11(12)13;1-3-4-5(2)6(7)8/h2-9H2,1H3,(H,12,13);4H,3H2,1-2H3,(H,7,8). The Kier molecular flexibility index (Phi) is 17.1.